The Morgan fingerprint density at radius 3 is 2.56 bits per heavy atom. The molecule has 0 radical (unpaired) electrons. The number of rotatable bonds is 6. The highest BCUT2D eigenvalue weighted by Gasteiger charge is 2.32. The van der Waals surface area contributed by atoms with Gasteiger partial charge in [-0.2, -0.15) is 0 Å². The molecule has 7 rings (SSSR count). The van der Waals surface area contributed by atoms with E-state index < -0.39 is 36.3 Å². The minimum atomic E-state index is -0.496. The van der Waals surface area contributed by atoms with Crippen molar-refractivity contribution < 1.29 is 28.2 Å². The summed E-state index contributed by atoms with van der Waals surface area (Å²) in [4.78, 5) is 32.5. The number of primary amides is 1. The van der Waals surface area contributed by atoms with E-state index in [4.69, 9.17) is 15.6 Å². The van der Waals surface area contributed by atoms with Gasteiger partial charge in [0.05, 0.1) is 18.2 Å². The van der Waals surface area contributed by atoms with E-state index in [1.165, 1.54) is 12.3 Å². The molecule has 2 atom stereocenters. The Hall–Kier alpha value is -5.11. The Morgan fingerprint density at radius 1 is 1.04 bits per heavy atom. The van der Waals surface area contributed by atoms with E-state index in [0.29, 0.717) is 51.4 Å². The average molecular weight is 658 g/mol. The number of piperazine rings is 1. The molecule has 0 aliphatic carbocycles. The summed E-state index contributed by atoms with van der Waals surface area (Å²) in [5.41, 5.74) is 9.53. The Bertz CT molecular complexity index is 1820. The lowest BCUT2D eigenvalue weighted by molar-refractivity contribution is -0.134. The highest BCUT2D eigenvalue weighted by molar-refractivity contribution is 5.92. The molecule has 2 amide bonds. The SMILES string of the molecule is NC(=O)c1cnc2cccn2c1.O=C(CO)N1CCN(c2ccc(N3C=C(C4OCCNC4c4cc(F)ccc4F)C=CC3)cc2)CC1. The Kier molecular flexibility index (Phi) is 10.1. The summed E-state index contributed by atoms with van der Waals surface area (Å²) in [6.07, 6.45) is 10.5. The van der Waals surface area contributed by atoms with Gasteiger partial charge in [0.2, 0.25) is 5.91 Å². The van der Waals surface area contributed by atoms with E-state index in [1.807, 2.05) is 36.7 Å². The van der Waals surface area contributed by atoms with E-state index in [1.54, 1.807) is 15.5 Å². The second kappa shape index (κ2) is 14.8. The number of halogens is 2. The molecule has 3 aliphatic heterocycles. The maximum atomic E-state index is 14.6. The minimum absolute atomic E-state index is 0.231. The number of benzene rings is 2. The maximum absolute atomic E-state index is 14.6. The van der Waals surface area contributed by atoms with Crippen LogP contribution in [-0.4, -0.2) is 89.8 Å². The monoisotopic (exact) mass is 657 g/mol. The van der Waals surface area contributed by atoms with Crippen molar-refractivity contribution in [1.29, 1.82) is 0 Å². The van der Waals surface area contributed by atoms with Crippen LogP contribution in [0.15, 0.2) is 97.1 Å². The Morgan fingerprint density at radius 2 is 1.81 bits per heavy atom. The van der Waals surface area contributed by atoms with E-state index in [9.17, 15) is 18.4 Å². The normalized spacial score (nSPS) is 19.5. The van der Waals surface area contributed by atoms with Crippen LogP contribution in [0.5, 0.6) is 0 Å². The number of nitrogens with one attached hydrogen (secondary N) is 1. The molecular formula is C35H37F2N7O4. The van der Waals surface area contributed by atoms with E-state index >= 15 is 0 Å². The number of aliphatic hydroxyl groups is 1. The predicted octanol–water partition coefficient (Wildman–Crippen LogP) is 3.03. The lowest BCUT2D eigenvalue weighted by Gasteiger charge is -2.37. The molecule has 0 bridgehead atoms. The first-order chi connectivity index (χ1) is 23.3. The van der Waals surface area contributed by atoms with Crippen molar-refractivity contribution in [1.82, 2.24) is 19.6 Å². The second-order valence-corrected chi connectivity index (χ2v) is 11.6. The Labute approximate surface area is 276 Å². The number of aromatic nitrogens is 2. The zero-order valence-electron chi connectivity index (χ0n) is 26.2. The van der Waals surface area contributed by atoms with Gasteiger partial charge in [-0.05, 0) is 60.2 Å². The van der Waals surface area contributed by atoms with Crippen LogP contribution >= 0.6 is 0 Å². The van der Waals surface area contributed by atoms with E-state index in [0.717, 1.165) is 34.7 Å². The van der Waals surface area contributed by atoms with Gasteiger partial charge < -0.3 is 40.0 Å². The summed E-state index contributed by atoms with van der Waals surface area (Å²) in [6, 6.07) is 15.0. The molecule has 250 valence electrons. The van der Waals surface area contributed by atoms with Crippen LogP contribution < -0.4 is 20.9 Å². The molecule has 4 N–H and O–H groups in total. The molecule has 2 unspecified atom stereocenters. The summed E-state index contributed by atoms with van der Waals surface area (Å²) in [6.45, 7) is 3.88. The van der Waals surface area contributed by atoms with Crippen LogP contribution in [0.1, 0.15) is 22.0 Å². The third kappa shape index (κ3) is 7.38. The summed E-state index contributed by atoms with van der Waals surface area (Å²) in [5, 5.41) is 12.4. The predicted molar refractivity (Wildman–Crippen MR) is 177 cm³/mol. The van der Waals surface area contributed by atoms with E-state index in [-0.39, 0.29) is 11.5 Å². The van der Waals surface area contributed by atoms with E-state index in [2.05, 4.69) is 44.4 Å². The number of fused-ring (bicyclic) bond motifs is 1. The number of hydrogen-bond donors (Lipinski definition) is 3. The number of anilines is 2. The van der Waals surface area contributed by atoms with Crippen LogP contribution in [-0.2, 0) is 9.53 Å². The summed E-state index contributed by atoms with van der Waals surface area (Å²) in [5.74, 6) is -1.63. The van der Waals surface area contributed by atoms with Crippen molar-refractivity contribution in [3.63, 3.8) is 0 Å². The van der Waals surface area contributed by atoms with Gasteiger partial charge >= 0.3 is 0 Å². The molecule has 11 nitrogen and oxygen atoms in total. The summed E-state index contributed by atoms with van der Waals surface area (Å²) in [7, 11) is 0. The first-order valence-electron chi connectivity index (χ1n) is 15.7. The number of aliphatic hydroxyl groups excluding tert-OH is 1. The number of amides is 2. The molecule has 13 heteroatoms. The lowest BCUT2D eigenvalue weighted by atomic mass is 9.93. The van der Waals surface area contributed by atoms with Crippen LogP contribution in [0.3, 0.4) is 0 Å². The van der Waals surface area contributed by atoms with Gasteiger partial charge in [-0.3, -0.25) is 9.59 Å². The standard InChI is InChI=1S/C27H30F2N4O3.C8H7N3O/c28-20-3-8-24(29)23(16-20)26-27(36-15-9-30-26)19-2-1-10-33(17-19)22-6-4-21(5-7-22)31-11-13-32(14-12-31)25(35)18-34;9-8(12)6-4-10-7-2-1-3-11(7)5-6/h1-8,16-17,26-27,30,34H,9-15,18H2;1-5H,(H2,9,12). The van der Waals surface area contributed by atoms with Gasteiger partial charge in [0, 0.05) is 81.0 Å². The molecule has 5 heterocycles. The number of ether oxygens (including phenoxy) is 1. The van der Waals surface area contributed by atoms with Crippen LogP contribution in [0, 0.1) is 11.6 Å². The van der Waals surface area contributed by atoms with Crippen molar-refractivity contribution in [3.05, 3.63) is 120 Å². The van der Waals surface area contributed by atoms with Gasteiger partial charge in [0.1, 0.15) is 30.0 Å². The molecule has 2 aromatic carbocycles. The summed E-state index contributed by atoms with van der Waals surface area (Å²) < 4.78 is 36.2. The molecule has 4 aromatic rings. The highest BCUT2D eigenvalue weighted by Crippen LogP contribution is 2.32. The zero-order chi connectivity index (χ0) is 33.6. The van der Waals surface area contributed by atoms with Gasteiger partial charge in [-0.1, -0.05) is 12.2 Å². The second-order valence-electron chi connectivity index (χ2n) is 11.6. The maximum Gasteiger partial charge on any atom is 0.251 e. The molecule has 48 heavy (non-hydrogen) atoms. The number of carbonyl (C=O) groups excluding carboxylic acids is 2. The fraction of sp³-hybridized carbons (Fsp3) is 0.286. The van der Waals surface area contributed by atoms with Gasteiger partial charge in [-0.25, -0.2) is 13.8 Å². The third-order valence-electron chi connectivity index (χ3n) is 8.57. The van der Waals surface area contributed by atoms with Gasteiger partial charge in [0.15, 0.2) is 0 Å². The molecule has 2 saturated heterocycles. The topological polar surface area (TPSA) is 129 Å². The number of morpholine rings is 1. The molecular weight excluding hydrogens is 620 g/mol. The fourth-order valence-corrected chi connectivity index (χ4v) is 6.06. The van der Waals surface area contributed by atoms with Crippen LogP contribution in [0.25, 0.3) is 5.65 Å². The third-order valence-corrected chi connectivity index (χ3v) is 8.57. The van der Waals surface area contributed by atoms with Crippen molar-refractivity contribution in [3.8, 4) is 0 Å². The minimum Gasteiger partial charge on any atom is -0.387 e. The number of carbonyl (C=O) groups is 2. The molecule has 2 aromatic heterocycles. The number of nitrogens with two attached hydrogens (primary N) is 1. The molecule has 0 saturated carbocycles. The summed E-state index contributed by atoms with van der Waals surface area (Å²) >= 11 is 0. The smallest absolute Gasteiger partial charge is 0.251 e. The van der Waals surface area contributed by atoms with Crippen LogP contribution in [0.4, 0.5) is 20.2 Å². The fourth-order valence-electron chi connectivity index (χ4n) is 6.06. The average Bonchev–Trinajstić information content (AvgIpc) is 3.61. The molecule has 3 aliphatic rings. The number of hydrogen-bond acceptors (Lipinski definition) is 8. The van der Waals surface area contributed by atoms with Crippen LogP contribution in [0.2, 0.25) is 0 Å². The Balaban J connectivity index is 0.000000280. The first kappa shape index (κ1) is 32.8. The number of nitrogens with zero attached hydrogens (tertiary/aromatic N) is 5. The van der Waals surface area contributed by atoms with Crippen molar-refractivity contribution in [2.75, 3.05) is 62.3 Å². The van der Waals surface area contributed by atoms with Crippen molar-refractivity contribution in [2.24, 2.45) is 5.73 Å². The largest absolute Gasteiger partial charge is 0.387 e. The molecule has 2 fully saturated rings. The highest BCUT2D eigenvalue weighted by atomic mass is 19.1. The quantitative estimate of drug-likeness (QED) is 0.289. The van der Waals surface area contributed by atoms with Crippen molar-refractivity contribution >= 4 is 28.8 Å². The van der Waals surface area contributed by atoms with Crippen molar-refractivity contribution in [2.45, 2.75) is 12.1 Å². The lowest BCUT2D eigenvalue weighted by Crippen LogP contribution is -2.49. The molecule has 0 spiro atoms. The first-order valence-corrected chi connectivity index (χ1v) is 15.7. The zero-order valence-corrected chi connectivity index (χ0v) is 26.2. The van der Waals surface area contributed by atoms with Gasteiger partial charge in [-0.15, -0.1) is 0 Å². The van der Waals surface area contributed by atoms with Gasteiger partial charge in [0.25, 0.3) is 5.91 Å².